The van der Waals surface area contributed by atoms with E-state index in [2.05, 4.69) is 13.8 Å². The average molecular weight is 284 g/mol. The molecule has 0 aromatic rings. The van der Waals surface area contributed by atoms with Crippen LogP contribution in [0.1, 0.15) is 65.2 Å². The minimum atomic E-state index is -4.67. The lowest BCUT2D eigenvalue weighted by atomic mass is 9.98. The predicted molar refractivity (Wildman–Crippen MR) is 73.0 cm³/mol. The van der Waals surface area contributed by atoms with Gasteiger partial charge in [-0.15, -0.1) is 0 Å². The maximum atomic E-state index is 8.74. The van der Waals surface area contributed by atoms with Crippen LogP contribution in [0.2, 0.25) is 0 Å². The molecule has 0 amide bonds. The molecule has 112 valence electrons. The monoisotopic (exact) mass is 284 g/mol. The van der Waals surface area contributed by atoms with Crippen molar-refractivity contribution in [2.45, 2.75) is 65.2 Å². The topological polar surface area (TPSA) is 94.8 Å². The van der Waals surface area contributed by atoms with Crippen LogP contribution in [0.5, 0.6) is 0 Å². The van der Waals surface area contributed by atoms with Gasteiger partial charge in [-0.1, -0.05) is 52.4 Å². The molecule has 0 saturated heterocycles. The van der Waals surface area contributed by atoms with E-state index in [1.807, 2.05) is 0 Å². The lowest BCUT2D eigenvalue weighted by molar-refractivity contribution is 0.270. The van der Waals surface area contributed by atoms with Crippen LogP contribution in [-0.2, 0) is 10.4 Å². The quantitative estimate of drug-likeness (QED) is 0.446. The van der Waals surface area contributed by atoms with Gasteiger partial charge in [0.25, 0.3) is 0 Å². The molecule has 0 aliphatic heterocycles. The first kappa shape index (κ1) is 20.2. The van der Waals surface area contributed by atoms with Crippen molar-refractivity contribution in [2.24, 2.45) is 5.92 Å². The summed E-state index contributed by atoms with van der Waals surface area (Å²) in [5, 5.41) is 8.66. The third kappa shape index (κ3) is 29.7. The molecule has 0 aromatic carbocycles. The van der Waals surface area contributed by atoms with Crippen LogP contribution in [-0.4, -0.2) is 29.2 Å². The first-order valence-corrected chi connectivity index (χ1v) is 8.01. The molecule has 0 radical (unpaired) electrons. The Morgan fingerprint density at radius 2 is 1.39 bits per heavy atom. The van der Waals surface area contributed by atoms with Crippen molar-refractivity contribution in [3.8, 4) is 0 Å². The molecule has 0 aliphatic carbocycles. The Morgan fingerprint density at radius 3 is 1.83 bits per heavy atom. The van der Waals surface area contributed by atoms with Crippen molar-refractivity contribution in [3.63, 3.8) is 0 Å². The van der Waals surface area contributed by atoms with Crippen LogP contribution in [0.25, 0.3) is 0 Å². The van der Waals surface area contributed by atoms with E-state index in [1.54, 1.807) is 0 Å². The summed E-state index contributed by atoms with van der Waals surface area (Å²) in [7, 11) is -4.67. The van der Waals surface area contributed by atoms with E-state index >= 15 is 0 Å². The van der Waals surface area contributed by atoms with Gasteiger partial charge in [0, 0.05) is 6.61 Å². The Labute approximate surface area is 111 Å². The van der Waals surface area contributed by atoms with Crippen molar-refractivity contribution < 1.29 is 22.6 Å². The molecule has 0 spiro atoms. The first-order chi connectivity index (χ1) is 8.31. The van der Waals surface area contributed by atoms with E-state index in [1.165, 1.54) is 44.9 Å². The molecule has 3 N–H and O–H groups in total. The molecule has 5 nitrogen and oxygen atoms in total. The highest BCUT2D eigenvalue weighted by Crippen LogP contribution is 2.15. The standard InChI is InChI=1S/C12H26O.H2O4S/c1-3-4-5-6-7-9-12(2)10-8-11-13;1-5(2,3)4/h12-13H,3-11H2,1-2H3;(H2,1,2,3,4). The number of unbranched alkanes of at least 4 members (excludes halogenated alkanes) is 4. The number of aliphatic hydroxyl groups excluding tert-OH is 1. The van der Waals surface area contributed by atoms with Crippen LogP contribution < -0.4 is 0 Å². The van der Waals surface area contributed by atoms with Crippen molar-refractivity contribution in [1.29, 1.82) is 0 Å². The second-order valence-electron chi connectivity index (χ2n) is 4.62. The summed E-state index contributed by atoms with van der Waals surface area (Å²) in [6, 6.07) is 0. The number of rotatable bonds is 9. The zero-order valence-electron chi connectivity index (χ0n) is 11.5. The molecule has 0 heterocycles. The van der Waals surface area contributed by atoms with Gasteiger partial charge < -0.3 is 5.11 Å². The molecular formula is C12H28O5S. The van der Waals surface area contributed by atoms with Gasteiger partial charge in [-0.05, 0) is 18.8 Å². The Balaban J connectivity index is 0. The van der Waals surface area contributed by atoms with Crippen molar-refractivity contribution in [1.82, 2.24) is 0 Å². The summed E-state index contributed by atoms with van der Waals surface area (Å²) in [6.45, 7) is 4.92. The second kappa shape index (κ2) is 13.3. The van der Waals surface area contributed by atoms with Crippen LogP contribution in [0, 0.1) is 5.92 Å². The Morgan fingerprint density at radius 1 is 0.944 bits per heavy atom. The fraction of sp³-hybridized carbons (Fsp3) is 1.00. The summed E-state index contributed by atoms with van der Waals surface area (Å²) in [5.74, 6) is 0.814. The molecule has 0 bridgehead atoms. The zero-order valence-corrected chi connectivity index (χ0v) is 12.3. The van der Waals surface area contributed by atoms with Gasteiger partial charge in [0.1, 0.15) is 0 Å². The van der Waals surface area contributed by atoms with Gasteiger partial charge >= 0.3 is 10.4 Å². The molecule has 6 heteroatoms. The van der Waals surface area contributed by atoms with E-state index in [9.17, 15) is 0 Å². The summed E-state index contributed by atoms with van der Waals surface area (Å²) < 4.78 is 31.6. The van der Waals surface area contributed by atoms with Crippen molar-refractivity contribution in [3.05, 3.63) is 0 Å². The second-order valence-corrected chi connectivity index (χ2v) is 5.52. The highest BCUT2D eigenvalue weighted by molar-refractivity contribution is 7.79. The SMILES string of the molecule is CCCCCCCC(C)CCCO.O=S(=O)(O)O. The van der Waals surface area contributed by atoms with Crippen LogP contribution >= 0.6 is 0 Å². The van der Waals surface area contributed by atoms with Crippen molar-refractivity contribution in [2.75, 3.05) is 6.61 Å². The van der Waals surface area contributed by atoms with E-state index in [-0.39, 0.29) is 0 Å². The van der Waals surface area contributed by atoms with E-state index in [0.717, 1.165) is 12.3 Å². The lowest BCUT2D eigenvalue weighted by Gasteiger charge is -2.09. The van der Waals surface area contributed by atoms with Crippen molar-refractivity contribution >= 4 is 10.4 Å². The fourth-order valence-corrected chi connectivity index (χ4v) is 1.68. The molecule has 0 aromatic heterocycles. The van der Waals surface area contributed by atoms with Crippen LogP contribution in [0.15, 0.2) is 0 Å². The van der Waals surface area contributed by atoms with Gasteiger partial charge in [-0.25, -0.2) is 0 Å². The Kier molecular flexibility index (Phi) is 14.9. The third-order valence-electron chi connectivity index (χ3n) is 2.66. The molecule has 0 aliphatic rings. The van der Waals surface area contributed by atoms with Crippen LogP contribution in [0.3, 0.4) is 0 Å². The lowest BCUT2D eigenvalue weighted by Crippen LogP contribution is -1.96. The minimum absolute atomic E-state index is 0.361. The molecular weight excluding hydrogens is 256 g/mol. The maximum Gasteiger partial charge on any atom is 0.394 e. The van der Waals surface area contributed by atoms with Crippen LogP contribution in [0.4, 0.5) is 0 Å². The van der Waals surface area contributed by atoms with Gasteiger partial charge in [-0.3, -0.25) is 9.11 Å². The zero-order chi connectivity index (χ0) is 14.4. The first-order valence-electron chi connectivity index (χ1n) is 6.62. The highest BCUT2D eigenvalue weighted by Gasteiger charge is 2.00. The van der Waals surface area contributed by atoms with E-state index in [0.29, 0.717) is 6.61 Å². The van der Waals surface area contributed by atoms with Gasteiger partial charge in [0.2, 0.25) is 0 Å². The van der Waals surface area contributed by atoms with E-state index < -0.39 is 10.4 Å². The number of hydrogen-bond acceptors (Lipinski definition) is 3. The van der Waals surface area contributed by atoms with Gasteiger partial charge in [0.05, 0.1) is 0 Å². The predicted octanol–water partition coefficient (Wildman–Crippen LogP) is 3.10. The normalized spacial score (nSPS) is 12.7. The Bertz CT molecular complexity index is 243. The average Bonchev–Trinajstić information content (AvgIpc) is 2.24. The maximum absolute atomic E-state index is 8.74. The largest absolute Gasteiger partial charge is 0.396 e. The number of aliphatic hydroxyl groups is 1. The molecule has 18 heavy (non-hydrogen) atoms. The summed E-state index contributed by atoms with van der Waals surface area (Å²) in [4.78, 5) is 0. The molecule has 0 fully saturated rings. The van der Waals surface area contributed by atoms with E-state index in [4.69, 9.17) is 22.6 Å². The Hall–Kier alpha value is -0.170. The van der Waals surface area contributed by atoms with Gasteiger partial charge in [0.15, 0.2) is 0 Å². The smallest absolute Gasteiger partial charge is 0.394 e. The fourth-order valence-electron chi connectivity index (χ4n) is 1.68. The third-order valence-corrected chi connectivity index (χ3v) is 2.66. The number of hydrogen-bond donors (Lipinski definition) is 3. The molecule has 1 atom stereocenters. The highest BCUT2D eigenvalue weighted by atomic mass is 32.3. The van der Waals surface area contributed by atoms with Gasteiger partial charge in [-0.2, -0.15) is 8.42 Å². The molecule has 0 rings (SSSR count). The molecule has 0 saturated carbocycles. The summed E-state index contributed by atoms with van der Waals surface area (Å²) in [6.07, 6.45) is 10.4. The summed E-state index contributed by atoms with van der Waals surface area (Å²) >= 11 is 0. The molecule has 1 unspecified atom stereocenters. The minimum Gasteiger partial charge on any atom is -0.396 e. The summed E-state index contributed by atoms with van der Waals surface area (Å²) in [5.41, 5.74) is 0.